The predicted molar refractivity (Wildman–Crippen MR) is 113 cm³/mol. The highest BCUT2D eigenvalue weighted by molar-refractivity contribution is 6.03. The number of hydrogen-bond acceptors (Lipinski definition) is 6. The number of rotatable bonds is 5. The van der Waals surface area contributed by atoms with E-state index in [9.17, 15) is 14.9 Å². The van der Waals surface area contributed by atoms with E-state index in [2.05, 4.69) is 10.2 Å². The number of non-ortho nitro benzene ring substituents is 1. The first-order chi connectivity index (χ1) is 14.5. The number of nitro groups is 1. The monoisotopic (exact) mass is 407 g/mol. The molecule has 4 rings (SSSR count). The van der Waals surface area contributed by atoms with Gasteiger partial charge in [-0.15, -0.1) is 0 Å². The third-order valence-corrected chi connectivity index (χ3v) is 4.91. The maximum absolute atomic E-state index is 13.3. The van der Waals surface area contributed by atoms with Crippen LogP contribution in [0.3, 0.4) is 0 Å². The molecule has 2 heterocycles. The maximum atomic E-state index is 13.3. The zero-order valence-corrected chi connectivity index (χ0v) is 16.4. The van der Waals surface area contributed by atoms with E-state index in [4.69, 9.17) is 4.74 Å². The minimum absolute atomic E-state index is 0.0353. The van der Waals surface area contributed by atoms with Gasteiger partial charge in [0.2, 0.25) is 0 Å². The van der Waals surface area contributed by atoms with Crippen LogP contribution >= 0.6 is 0 Å². The average Bonchev–Trinajstić information content (AvgIpc) is 3.12. The quantitative estimate of drug-likeness (QED) is 0.398. The van der Waals surface area contributed by atoms with Gasteiger partial charge in [0.05, 0.1) is 53.9 Å². The summed E-state index contributed by atoms with van der Waals surface area (Å²) in [5.74, 6) is 0. The Hall–Kier alpha value is -3.72. The van der Waals surface area contributed by atoms with Crippen LogP contribution in [-0.4, -0.2) is 51.7 Å². The van der Waals surface area contributed by atoms with Crippen LogP contribution in [0.1, 0.15) is 12.5 Å². The molecule has 154 valence electrons. The summed E-state index contributed by atoms with van der Waals surface area (Å²) in [7, 11) is 0. The molecule has 0 amide bonds. The topological polar surface area (TPSA) is 106 Å². The number of nitrogens with one attached hydrogen (secondary N) is 1. The maximum Gasteiger partial charge on any atom is 0.281 e. The van der Waals surface area contributed by atoms with Crippen LogP contribution in [-0.2, 0) is 4.74 Å². The highest BCUT2D eigenvalue weighted by Gasteiger charge is 2.21. The number of nitrogens with zero attached hydrogens (tertiary/aromatic N) is 4. The second kappa shape index (κ2) is 8.34. The summed E-state index contributed by atoms with van der Waals surface area (Å²) in [6.45, 7) is 4.34. The van der Waals surface area contributed by atoms with Gasteiger partial charge in [0.15, 0.2) is 0 Å². The Balaban J connectivity index is 1.82. The normalized spacial score (nSPS) is 14.7. The van der Waals surface area contributed by atoms with Crippen LogP contribution in [0.15, 0.2) is 64.5 Å². The van der Waals surface area contributed by atoms with Gasteiger partial charge in [-0.25, -0.2) is 4.68 Å². The minimum Gasteiger partial charge on any atom is -0.378 e. The van der Waals surface area contributed by atoms with Crippen molar-refractivity contribution in [3.8, 4) is 16.9 Å². The Bertz CT molecular complexity index is 1130. The molecule has 1 N–H and O–H groups in total. The lowest BCUT2D eigenvalue weighted by Crippen LogP contribution is -2.33. The molecule has 9 heteroatoms. The van der Waals surface area contributed by atoms with Crippen molar-refractivity contribution in [2.75, 3.05) is 26.3 Å². The summed E-state index contributed by atoms with van der Waals surface area (Å²) >= 11 is 0. The van der Waals surface area contributed by atoms with Crippen LogP contribution in [0.2, 0.25) is 0 Å². The Morgan fingerprint density at radius 1 is 1.10 bits per heavy atom. The van der Waals surface area contributed by atoms with Crippen molar-refractivity contribution in [2.24, 2.45) is 5.10 Å². The van der Waals surface area contributed by atoms with Gasteiger partial charge in [0.1, 0.15) is 0 Å². The first kappa shape index (κ1) is 19.6. The molecule has 0 atom stereocenters. The van der Waals surface area contributed by atoms with Gasteiger partial charge in [-0.2, -0.15) is 5.10 Å². The molecule has 1 aromatic heterocycles. The molecular formula is C21H21N5O4. The molecule has 2 aromatic carbocycles. The number of aromatic amines is 1. The highest BCUT2D eigenvalue weighted by atomic mass is 16.6. The van der Waals surface area contributed by atoms with Crippen LogP contribution in [0.25, 0.3) is 16.9 Å². The third kappa shape index (κ3) is 3.87. The Morgan fingerprint density at radius 3 is 2.40 bits per heavy atom. The molecular weight excluding hydrogens is 386 g/mol. The van der Waals surface area contributed by atoms with Crippen molar-refractivity contribution in [3.05, 3.63) is 80.6 Å². The number of ether oxygens (including phenoxy) is 1. The Morgan fingerprint density at radius 2 is 1.77 bits per heavy atom. The number of morpholine rings is 1. The third-order valence-electron chi connectivity index (χ3n) is 4.91. The zero-order valence-electron chi connectivity index (χ0n) is 16.4. The second-order valence-electron chi connectivity index (χ2n) is 6.89. The van der Waals surface area contributed by atoms with Gasteiger partial charge < -0.3 is 4.74 Å². The molecule has 1 fully saturated rings. The van der Waals surface area contributed by atoms with Gasteiger partial charge in [-0.3, -0.25) is 25.0 Å². The summed E-state index contributed by atoms with van der Waals surface area (Å²) in [5.41, 5.74) is 2.76. The fourth-order valence-corrected chi connectivity index (χ4v) is 3.41. The molecule has 0 spiro atoms. The van der Waals surface area contributed by atoms with Crippen LogP contribution < -0.4 is 5.56 Å². The van der Waals surface area contributed by atoms with Crippen molar-refractivity contribution in [3.63, 3.8) is 0 Å². The lowest BCUT2D eigenvalue weighted by atomic mass is 10.1. The van der Waals surface area contributed by atoms with Gasteiger partial charge in [0.25, 0.3) is 11.2 Å². The molecule has 0 aliphatic carbocycles. The molecule has 0 saturated carbocycles. The molecule has 1 saturated heterocycles. The summed E-state index contributed by atoms with van der Waals surface area (Å²) in [6.07, 6.45) is 0. The Kier molecular flexibility index (Phi) is 5.44. The van der Waals surface area contributed by atoms with Crippen molar-refractivity contribution in [2.45, 2.75) is 6.92 Å². The zero-order chi connectivity index (χ0) is 21.1. The smallest absolute Gasteiger partial charge is 0.281 e. The molecule has 1 aliphatic rings. The first-order valence-corrected chi connectivity index (χ1v) is 9.58. The number of H-pyrrole nitrogens is 1. The molecule has 0 bridgehead atoms. The first-order valence-electron chi connectivity index (χ1n) is 9.58. The molecule has 9 nitrogen and oxygen atoms in total. The van der Waals surface area contributed by atoms with E-state index >= 15 is 0 Å². The van der Waals surface area contributed by atoms with Gasteiger partial charge in [0, 0.05) is 17.7 Å². The lowest BCUT2D eigenvalue weighted by Gasteiger charge is -2.24. The molecule has 0 radical (unpaired) electrons. The van der Waals surface area contributed by atoms with Crippen molar-refractivity contribution in [1.82, 2.24) is 14.8 Å². The largest absolute Gasteiger partial charge is 0.378 e. The molecule has 3 aromatic rings. The average molecular weight is 407 g/mol. The number of hydrogen-bond donors (Lipinski definition) is 1. The SMILES string of the molecule is CC(=NN1CCOCC1)c1c(-c2ccccc2)[nH]n(-c2ccc([N+](=O)[O-])cc2)c1=O. The van der Waals surface area contributed by atoms with Crippen LogP contribution in [0, 0.1) is 10.1 Å². The number of hydrazone groups is 1. The van der Waals surface area contributed by atoms with Crippen molar-refractivity contribution in [1.29, 1.82) is 0 Å². The van der Waals surface area contributed by atoms with Gasteiger partial charge in [-0.1, -0.05) is 30.3 Å². The Labute approximate surface area is 172 Å². The number of benzene rings is 2. The highest BCUT2D eigenvalue weighted by Crippen LogP contribution is 2.22. The second-order valence-corrected chi connectivity index (χ2v) is 6.89. The van der Waals surface area contributed by atoms with Gasteiger partial charge in [-0.05, 0) is 19.1 Å². The fraction of sp³-hybridized carbons (Fsp3) is 0.238. The van der Waals surface area contributed by atoms with E-state index in [0.717, 1.165) is 5.56 Å². The fourth-order valence-electron chi connectivity index (χ4n) is 3.41. The van der Waals surface area contributed by atoms with E-state index in [1.807, 2.05) is 42.3 Å². The van der Waals surface area contributed by atoms with E-state index < -0.39 is 4.92 Å². The number of nitro benzene ring substituents is 1. The van der Waals surface area contributed by atoms with E-state index in [1.165, 1.54) is 16.8 Å². The summed E-state index contributed by atoms with van der Waals surface area (Å²) < 4.78 is 6.75. The van der Waals surface area contributed by atoms with Crippen LogP contribution in [0.4, 0.5) is 5.69 Å². The van der Waals surface area contributed by atoms with Gasteiger partial charge >= 0.3 is 0 Å². The standard InChI is InChI=1S/C21H21N5O4/c1-15(22-24-11-13-30-14-12-24)19-20(16-5-3-2-4-6-16)23-25(21(19)27)17-7-9-18(10-8-17)26(28)29/h2-10,23H,11-14H2,1H3. The summed E-state index contributed by atoms with van der Waals surface area (Å²) in [5, 5.41) is 20.6. The summed E-state index contributed by atoms with van der Waals surface area (Å²) in [4.78, 5) is 23.8. The van der Waals surface area contributed by atoms with E-state index in [-0.39, 0.29) is 11.2 Å². The predicted octanol–water partition coefficient (Wildman–Crippen LogP) is 2.80. The minimum atomic E-state index is -0.471. The van der Waals surface area contributed by atoms with Crippen molar-refractivity contribution >= 4 is 11.4 Å². The lowest BCUT2D eigenvalue weighted by molar-refractivity contribution is -0.384. The number of aromatic nitrogens is 2. The molecule has 1 aliphatic heterocycles. The van der Waals surface area contributed by atoms with Crippen LogP contribution in [0.5, 0.6) is 0 Å². The molecule has 0 unspecified atom stereocenters. The summed E-state index contributed by atoms with van der Waals surface area (Å²) in [6, 6.07) is 15.4. The van der Waals surface area contributed by atoms with E-state index in [1.54, 1.807) is 12.1 Å². The van der Waals surface area contributed by atoms with Crippen molar-refractivity contribution < 1.29 is 9.66 Å². The molecule has 30 heavy (non-hydrogen) atoms. The van der Waals surface area contributed by atoms with E-state index in [0.29, 0.717) is 49.0 Å².